The maximum absolute atomic E-state index is 11.8. The van der Waals surface area contributed by atoms with E-state index in [4.69, 9.17) is 16.9 Å². The number of anilines is 1. The quantitative estimate of drug-likeness (QED) is 0.911. The topological polar surface area (TPSA) is 64.9 Å². The summed E-state index contributed by atoms with van der Waals surface area (Å²) in [4.78, 5) is 11.8. The van der Waals surface area contributed by atoms with Gasteiger partial charge >= 0.3 is 0 Å². The molecule has 0 fully saturated rings. The predicted octanol–water partition coefficient (Wildman–Crippen LogP) is 3.18. The molecule has 0 atom stereocenters. The molecule has 0 aliphatic heterocycles. The standard InChI is InChI=1S/C16H14ClN3O/c1-19-16(21)14-8-13(17)5-6-15(14)20-10-12-4-2-3-11(7-12)9-18/h2-8,20H,10H2,1H3,(H,19,21). The number of nitrogens with one attached hydrogen (secondary N) is 2. The molecular weight excluding hydrogens is 286 g/mol. The molecular formula is C16H14ClN3O. The van der Waals surface area contributed by atoms with E-state index in [0.29, 0.717) is 28.4 Å². The number of nitrogens with zero attached hydrogens (tertiary/aromatic N) is 1. The summed E-state index contributed by atoms with van der Waals surface area (Å²) in [7, 11) is 1.57. The van der Waals surface area contributed by atoms with Crippen LogP contribution in [0.3, 0.4) is 0 Å². The summed E-state index contributed by atoms with van der Waals surface area (Å²) in [6.07, 6.45) is 0. The Labute approximate surface area is 128 Å². The Hall–Kier alpha value is -2.51. The average molecular weight is 300 g/mol. The molecule has 0 aliphatic carbocycles. The smallest absolute Gasteiger partial charge is 0.253 e. The summed E-state index contributed by atoms with van der Waals surface area (Å²) in [6, 6.07) is 14.5. The van der Waals surface area contributed by atoms with Gasteiger partial charge in [0.05, 0.1) is 17.2 Å². The second-order valence-electron chi connectivity index (χ2n) is 4.43. The van der Waals surface area contributed by atoms with E-state index in [0.717, 1.165) is 5.56 Å². The molecule has 0 spiro atoms. The fourth-order valence-electron chi connectivity index (χ4n) is 1.94. The lowest BCUT2D eigenvalue weighted by molar-refractivity contribution is 0.0964. The van der Waals surface area contributed by atoms with Crippen LogP contribution in [0.15, 0.2) is 42.5 Å². The van der Waals surface area contributed by atoms with Gasteiger partial charge in [-0.25, -0.2) is 0 Å². The van der Waals surface area contributed by atoms with Crippen molar-refractivity contribution in [3.8, 4) is 6.07 Å². The van der Waals surface area contributed by atoms with E-state index in [2.05, 4.69) is 16.7 Å². The van der Waals surface area contributed by atoms with Crippen molar-refractivity contribution in [2.24, 2.45) is 0 Å². The number of benzene rings is 2. The summed E-state index contributed by atoms with van der Waals surface area (Å²) in [6.45, 7) is 0.515. The van der Waals surface area contributed by atoms with Crippen molar-refractivity contribution >= 4 is 23.2 Å². The number of nitriles is 1. The van der Waals surface area contributed by atoms with Crippen LogP contribution in [0.2, 0.25) is 5.02 Å². The van der Waals surface area contributed by atoms with Crippen LogP contribution < -0.4 is 10.6 Å². The lowest BCUT2D eigenvalue weighted by Crippen LogP contribution is -2.19. The van der Waals surface area contributed by atoms with E-state index in [1.54, 1.807) is 31.3 Å². The number of amides is 1. The molecule has 0 saturated heterocycles. The first-order valence-corrected chi connectivity index (χ1v) is 6.76. The minimum Gasteiger partial charge on any atom is -0.380 e. The fraction of sp³-hybridized carbons (Fsp3) is 0.125. The van der Waals surface area contributed by atoms with Gasteiger partial charge in [-0.3, -0.25) is 4.79 Å². The first-order valence-electron chi connectivity index (χ1n) is 6.38. The van der Waals surface area contributed by atoms with Crippen molar-refractivity contribution in [2.75, 3.05) is 12.4 Å². The highest BCUT2D eigenvalue weighted by Crippen LogP contribution is 2.21. The fourth-order valence-corrected chi connectivity index (χ4v) is 2.11. The molecule has 2 N–H and O–H groups in total. The molecule has 2 aromatic carbocycles. The Bertz CT molecular complexity index is 707. The van der Waals surface area contributed by atoms with Crippen molar-refractivity contribution in [2.45, 2.75) is 6.54 Å². The monoisotopic (exact) mass is 299 g/mol. The van der Waals surface area contributed by atoms with Crippen LogP contribution in [0.4, 0.5) is 5.69 Å². The summed E-state index contributed by atoms with van der Waals surface area (Å²) in [5, 5.41) is 15.2. The number of carbonyl (C=O) groups is 1. The number of carbonyl (C=O) groups excluding carboxylic acids is 1. The first kappa shape index (κ1) is 14.9. The Morgan fingerprint density at radius 1 is 1.29 bits per heavy atom. The summed E-state index contributed by atoms with van der Waals surface area (Å²) in [5.41, 5.74) is 2.76. The Balaban J connectivity index is 2.20. The molecule has 0 heterocycles. The molecule has 21 heavy (non-hydrogen) atoms. The molecule has 0 aliphatic rings. The summed E-state index contributed by atoms with van der Waals surface area (Å²) in [5.74, 6) is -0.203. The number of rotatable bonds is 4. The zero-order valence-corrected chi connectivity index (χ0v) is 12.2. The van der Waals surface area contributed by atoms with Gasteiger partial charge in [0.15, 0.2) is 0 Å². The first-order chi connectivity index (χ1) is 10.1. The zero-order valence-electron chi connectivity index (χ0n) is 11.5. The van der Waals surface area contributed by atoms with Gasteiger partial charge in [-0.1, -0.05) is 23.7 Å². The minimum atomic E-state index is -0.203. The molecule has 0 unspecified atom stereocenters. The SMILES string of the molecule is CNC(=O)c1cc(Cl)ccc1NCc1cccc(C#N)c1. The van der Waals surface area contributed by atoms with E-state index >= 15 is 0 Å². The largest absolute Gasteiger partial charge is 0.380 e. The molecule has 5 heteroatoms. The third-order valence-corrected chi connectivity index (χ3v) is 3.23. The second-order valence-corrected chi connectivity index (χ2v) is 4.87. The lowest BCUT2D eigenvalue weighted by atomic mass is 10.1. The molecule has 0 bridgehead atoms. The van der Waals surface area contributed by atoms with Crippen LogP contribution in [0.1, 0.15) is 21.5 Å². The summed E-state index contributed by atoms with van der Waals surface area (Å²) >= 11 is 5.93. The summed E-state index contributed by atoms with van der Waals surface area (Å²) < 4.78 is 0. The number of halogens is 1. The van der Waals surface area contributed by atoms with Crippen LogP contribution in [-0.4, -0.2) is 13.0 Å². The van der Waals surface area contributed by atoms with Crippen LogP contribution >= 0.6 is 11.6 Å². The van der Waals surface area contributed by atoms with Gasteiger partial charge in [0.1, 0.15) is 0 Å². The molecule has 106 valence electrons. The average Bonchev–Trinajstić information content (AvgIpc) is 2.53. The Morgan fingerprint density at radius 3 is 2.81 bits per heavy atom. The lowest BCUT2D eigenvalue weighted by Gasteiger charge is -2.12. The molecule has 4 nitrogen and oxygen atoms in total. The van der Waals surface area contributed by atoms with Crippen molar-refractivity contribution in [3.05, 3.63) is 64.2 Å². The van der Waals surface area contributed by atoms with Gasteiger partial charge in [0, 0.05) is 24.3 Å². The zero-order chi connectivity index (χ0) is 15.2. The molecule has 2 rings (SSSR count). The Kier molecular flexibility index (Phi) is 4.81. The van der Waals surface area contributed by atoms with Gasteiger partial charge in [-0.15, -0.1) is 0 Å². The molecule has 2 aromatic rings. The molecule has 0 radical (unpaired) electrons. The molecule has 1 amide bonds. The normalized spacial score (nSPS) is 9.76. The van der Waals surface area contributed by atoms with Gasteiger partial charge in [-0.2, -0.15) is 5.26 Å². The van der Waals surface area contributed by atoms with Crippen molar-refractivity contribution < 1.29 is 4.79 Å². The minimum absolute atomic E-state index is 0.203. The van der Waals surface area contributed by atoms with E-state index < -0.39 is 0 Å². The van der Waals surface area contributed by atoms with E-state index in [9.17, 15) is 4.79 Å². The Morgan fingerprint density at radius 2 is 2.10 bits per heavy atom. The van der Waals surface area contributed by atoms with E-state index in [1.807, 2.05) is 18.2 Å². The van der Waals surface area contributed by atoms with Gasteiger partial charge in [0.25, 0.3) is 5.91 Å². The number of hydrogen-bond donors (Lipinski definition) is 2. The van der Waals surface area contributed by atoms with Crippen LogP contribution in [0, 0.1) is 11.3 Å². The third kappa shape index (κ3) is 3.74. The predicted molar refractivity (Wildman–Crippen MR) is 83.3 cm³/mol. The van der Waals surface area contributed by atoms with Gasteiger partial charge < -0.3 is 10.6 Å². The van der Waals surface area contributed by atoms with Crippen molar-refractivity contribution in [1.29, 1.82) is 5.26 Å². The van der Waals surface area contributed by atoms with Gasteiger partial charge in [0.2, 0.25) is 0 Å². The highest BCUT2D eigenvalue weighted by atomic mass is 35.5. The third-order valence-electron chi connectivity index (χ3n) is 2.99. The molecule has 0 saturated carbocycles. The number of hydrogen-bond acceptors (Lipinski definition) is 3. The van der Waals surface area contributed by atoms with Gasteiger partial charge in [-0.05, 0) is 35.9 Å². The molecule has 0 aromatic heterocycles. The highest BCUT2D eigenvalue weighted by Gasteiger charge is 2.10. The van der Waals surface area contributed by atoms with Crippen LogP contribution in [0.5, 0.6) is 0 Å². The maximum atomic E-state index is 11.8. The highest BCUT2D eigenvalue weighted by molar-refractivity contribution is 6.31. The van der Waals surface area contributed by atoms with Crippen LogP contribution in [0.25, 0.3) is 0 Å². The van der Waals surface area contributed by atoms with E-state index in [-0.39, 0.29) is 5.91 Å². The maximum Gasteiger partial charge on any atom is 0.253 e. The van der Waals surface area contributed by atoms with Crippen LogP contribution in [-0.2, 0) is 6.54 Å². The van der Waals surface area contributed by atoms with Crippen molar-refractivity contribution in [3.63, 3.8) is 0 Å². The van der Waals surface area contributed by atoms with Crippen molar-refractivity contribution in [1.82, 2.24) is 5.32 Å². The van der Waals surface area contributed by atoms with E-state index in [1.165, 1.54) is 0 Å². The second kappa shape index (κ2) is 6.78.